The van der Waals surface area contributed by atoms with Gasteiger partial charge in [-0.3, -0.25) is 4.79 Å². The predicted octanol–water partition coefficient (Wildman–Crippen LogP) is 4.01. The number of anilines is 1. The van der Waals surface area contributed by atoms with Gasteiger partial charge in [0.25, 0.3) is 0 Å². The number of hydrogen-bond acceptors (Lipinski definition) is 7. The lowest BCUT2D eigenvalue weighted by molar-refractivity contribution is -0.117. The summed E-state index contributed by atoms with van der Waals surface area (Å²) < 4.78 is 39.7. The molecule has 2 saturated heterocycles. The van der Waals surface area contributed by atoms with Gasteiger partial charge in [0, 0.05) is 29.8 Å². The molecular weight excluding hydrogens is 468 g/mol. The molecule has 3 aliphatic rings. The van der Waals surface area contributed by atoms with Gasteiger partial charge in [0.05, 0.1) is 36.6 Å². The number of pyridine rings is 1. The van der Waals surface area contributed by atoms with E-state index >= 15 is 0 Å². The topological polar surface area (TPSA) is 94.8 Å². The molecule has 2 bridgehead atoms. The number of fused-ring (bicyclic) bond motifs is 2. The van der Waals surface area contributed by atoms with Crippen LogP contribution in [-0.4, -0.2) is 48.6 Å². The number of halogens is 2. The smallest absolute Gasteiger partial charge is 0.339 e. The zero-order valence-electron chi connectivity index (χ0n) is 20.1. The summed E-state index contributed by atoms with van der Waals surface area (Å²) >= 11 is 0. The lowest BCUT2D eigenvalue weighted by Crippen LogP contribution is -2.46. The van der Waals surface area contributed by atoms with Gasteiger partial charge in [-0.25, -0.2) is 18.6 Å². The van der Waals surface area contributed by atoms with E-state index in [1.807, 2.05) is 6.07 Å². The van der Waals surface area contributed by atoms with E-state index in [-0.39, 0.29) is 53.3 Å². The largest absolute Gasteiger partial charge is 0.465 e. The van der Waals surface area contributed by atoms with Gasteiger partial charge in [-0.15, -0.1) is 0 Å². The minimum atomic E-state index is -0.800. The molecule has 1 aromatic carbocycles. The van der Waals surface area contributed by atoms with Gasteiger partial charge in [0.1, 0.15) is 17.5 Å². The van der Waals surface area contributed by atoms with Crippen LogP contribution in [0.25, 0.3) is 5.70 Å². The molecule has 2 aromatic rings. The van der Waals surface area contributed by atoms with Crippen molar-refractivity contribution in [2.24, 2.45) is 11.7 Å². The van der Waals surface area contributed by atoms with E-state index in [0.717, 1.165) is 56.5 Å². The molecule has 0 amide bonds. The number of carbonyl (C=O) groups excluding carboxylic acids is 2. The standard InChI is InChI=1S/C27H29F2N3O4/c1-35-27(34)16-7-10-23(31-13-16)32-17-8-9-18(32)12-19(11-17)36-14-20(26(33)15-5-6-15)25(30)24-21(28)3-2-4-22(24)29/h2-4,7,10,13,15,17-19H,5-6,8-9,11-12,14,30H2,1H3/t17-,18?,19?/m0/s1. The lowest BCUT2D eigenvalue weighted by Gasteiger charge is -2.39. The summed E-state index contributed by atoms with van der Waals surface area (Å²) in [7, 11) is 1.33. The molecule has 1 aliphatic carbocycles. The second kappa shape index (κ2) is 9.97. The van der Waals surface area contributed by atoms with Crippen LogP contribution >= 0.6 is 0 Å². The summed E-state index contributed by atoms with van der Waals surface area (Å²) in [6.07, 6.45) is 6.33. The van der Waals surface area contributed by atoms with Gasteiger partial charge >= 0.3 is 5.97 Å². The number of Topliss-reactive ketones (excluding diaryl/α,β-unsaturated/α-hetero) is 1. The molecule has 1 saturated carbocycles. The monoisotopic (exact) mass is 497 g/mol. The van der Waals surface area contributed by atoms with E-state index in [1.165, 1.54) is 19.4 Å². The highest BCUT2D eigenvalue weighted by atomic mass is 19.1. The Balaban J connectivity index is 1.30. The van der Waals surface area contributed by atoms with Crippen molar-refractivity contribution in [3.05, 3.63) is 64.9 Å². The van der Waals surface area contributed by atoms with Crippen LogP contribution in [0.3, 0.4) is 0 Å². The van der Waals surface area contributed by atoms with E-state index in [1.54, 1.807) is 6.07 Å². The van der Waals surface area contributed by atoms with Crippen molar-refractivity contribution in [2.75, 3.05) is 18.6 Å². The molecule has 2 unspecified atom stereocenters. The highest BCUT2D eigenvalue weighted by Crippen LogP contribution is 2.40. The predicted molar refractivity (Wildman–Crippen MR) is 129 cm³/mol. The van der Waals surface area contributed by atoms with E-state index in [2.05, 4.69) is 9.88 Å². The lowest BCUT2D eigenvalue weighted by atomic mass is 9.98. The molecule has 7 nitrogen and oxygen atoms in total. The summed E-state index contributed by atoms with van der Waals surface area (Å²) in [5.41, 5.74) is 6.17. The first-order chi connectivity index (χ1) is 17.4. The van der Waals surface area contributed by atoms with Gasteiger partial charge in [0.15, 0.2) is 5.78 Å². The van der Waals surface area contributed by atoms with Crippen LogP contribution in [0, 0.1) is 17.6 Å². The van der Waals surface area contributed by atoms with E-state index < -0.39 is 17.6 Å². The number of carbonyl (C=O) groups is 2. The Morgan fingerprint density at radius 2 is 1.72 bits per heavy atom. The molecule has 3 atom stereocenters. The maximum Gasteiger partial charge on any atom is 0.339 e. The summed E-state index contributed by atoms with van der Waals surface area (Å²) in [6, 6.07) is 7.48. The van der Waals surface area contributed by atoms with Crippen molar-refractivity contribution >= 4 is 23.3 Å². The Morgan fingerprint density at radius 3 is 2.28 bits per heavy atom. The van der Waals surface area contributed by atoms with Gasteiger partial charge in [-0.2, -0.15) is 0 Å². The first-order valence-corrected chi connectivity index (χ1v) is 12.3. The van der Waals surface area contributed by atoms with Crippen LogP contribution in [0.5, 0.6) is 0 Å². The number of rotatable bonds is 8. The van der Waals surface area contributed by atoms with E-state index in [0.29, 0.717) is 5.56 Å². The van der Waals surface area contributed by atoms with E-state index in [9.17, 15) is 18.4 Å². The molecule has 3 fully saturated rings. The fourth-order valence-corrected chi connectivity index (χ4v) is 5.40. The Bertz CT molecular complexity index is 1160. The third-order valence-corrected chi connectivity index (χ3v) is 7.39. The Morgan fingerprint density at radius 1 is 1.06 bits per heavy atom. The number of ketones is 1. The quantitative estimate of drug-likeness (QED) is 0.435. The van der Waals surface area contributed by atoms with Crippen LogP contribution in [0.1, 0.15) is 54.4 Å². The van der Waals surface area contributed by atoms with Gasteiger partial charge in [-0.05, 0) is 62.8 Å². The highest BCUT2D eigenvalue weighted by Gasteiger charge is 2.42. The number of esters is 1. The average Bonchev–Trinajstić information content (AvgIpc) is 3.69. The molecule has 36 heavy (non-hydrogen) atoms. The Hall–Kier alpha value is -3.33. The number of hydrogen-bond donors (Lipinski definition) is 1. The fraction of sp³-hybridized carbons (Fsp3) is 0.444. The molecule has 3 heterocycles. The number of ether oxygens (including phenoxy) is 2. The number of methoxy groups -OCH3 is 1. The first kappa shape index (κ1) is 24.4. The highest BCUT2D eigenvalue weighted by molar-refractivity contribution is 6.05. The zero-order chi connectivity index (χ0) is 25.4. The molecule has 5 rings (SSSR count). The normalized spacial score (nSPS) is 23.9. The Kier molecular flexibility index (Phi) is 6.75. The summed E-state index contributed by atoms with van der Waals surface area (Å²) in [4.78, 5) is 31.4. The van der Waals surface area contributed by atoms with Gasteiger partial charge < -0.3 is 20.1 Å². The van der Waals surface area contributed by atoms with Crippen LogP contribution in [0.15, 0.2) is 42.1 Å². The molecule has 2 aliphatic heterocycles. The number of piperidine rings is 1. The summed E-state index contributed by atoms with van der Waals surface area (Å²) in [5, 5.41) is 0. The van der Waals surface area contributed by atoms with E-state index in [4.69, 9.17) is 15.2 Å². The molecular formula is C27H29F2N3O4. The van der Waals surface area contributed by atoms with Crippen molar-refractivity contribution in [1.82, 2.24) is 4.98 Å². The minimum absolute atomic E-state index is 0.0783. The zero-order valence-corrected chi connectivity index (χ0v) is 20.1. The Labute approximate surface area is 208 Å². The maximum absolute atomic E-state index is 14.4. The van der Waals surface area contributed by atoms with Crippen LogP contribution in [0.4, 0.5) is 14.6 Å². The van der Waals surface area contributed by atoms with Crippen LogP contribution in [-0.2, 0) is 14.3 Å². The third kappa shape index (κ3) is 4.72. The summed E-state index contributed by atoms with van der Waals surface area (Å²) in [6.45, 7) is -0.0783. The van der Waals surface area contributed by atoms with Crippen molar-refractivity contribution in [2.45, 2.75) is 56.7 Å². The van der Waals surface area contributed by atoms with Crippen molar-refractivity contribution in [3.8, 4) is 0 Å². The third-order valence-electron chi connectivity index (χ3n) is 7.39. The summed E-state index contributed by atoms with van der Waals surface area (Å²) in [5.74, 6) is -1.57. The van der Waals surface area contributed by atoms with Crippen LogP contribution < -0.4 is 10.6 Å². The molecule has 2 N–H and O–H groups in total. The van der Waals surface area contributed by atoms with Gasteiger partial charge in [-0.1, -0.05) is 6.07 Å². The van der Waals surface area contributed by atoms with Crippen LogP contribution in [0.2, 0.25) is 0 Å². The van der Waals surface area contributed by atoms with Crippen molar-refractivity contribution < 1.29 is 27.8 Å². The molecule has 0 spiro atoms. The molecule has 0 radical (unpaired) electrons. The molecule has 1 aromatic heterocycles. The number of aromatic nitrogens is 1. The number of nitrogens with zero attached hydrogens (tertiary/aromatic N) is 2. The minimum Gasteiger partial charge on any atom is -0.465 e. The SMILES string of the molecule is COC(=O)c1ccc(N2C3CC[C@H]2CC(OCC(C(=O)C2CC2)=C(N)c2c(F)cccc2F)C3)nc1. The first-order valence-electron chi connectivity index (χ1n) is 12.3. The molecule has 190 valence electrons. The average molecular weight is 498 g/mol. The second-order valence-electron chi connectivity index (χ2n) is 9.72. The second-order valence-corrected chi connectivity index (χ2v) is 9.72. The van der Waals surface area contributed by atoms with Crippen molar-refractivity contribution in [1.29, 1.82) is 0 Å². The maximum atomic E-state index is 14.4. The number of nitrogens with two attached hydrogens (primary N) is 1. The molecule has 9 heteroatoms. The number of benzene rings is 1. The van der Waals surface area contributed by atoms with Gasteiger partial charge in [0.2, 0.25) is 0 Å². The fourth-order valence-electron chi connectivity index (χ4n) is 5.40. The van der Waals surface area contributed by atoms with Crippen molar-refractivity contribution in [3.63, 3.8) is 0 Å².